The van der Waals surface area contributed by atoms with Crippen molar-refractivity contribution >= 4 is 33.2 Å². The summed E-state index contributed by atoms with van der Waals surface area (Å²) < 4.78 is 1.13. The molecule has 0 heterocycles. The average Bonchev–Trinajstić information content (AvgIpc) is 2.35. The van der Waals surface area contributed by atoms with E-state index in [4.69, 9.17) is 11.6 Å². The van der Waals surface area contributed by atoms with Crippen molar-refractivity contribution < 1.29 is 0 Å². The Labute approximate surface area is 133 Å². The highest BCUT2D eigenvalue weighted by Gasteiger charge is 2.30. The van der Waals surface area contributed by atoms with Gasteiger partial charge in [0.2, 0.25) is 0 Å². The summed E-state index contributed by atoms with van der Waals surface area (Å²) in [7, 11) is 0. The number of halogens is 2. The van der Waals surface area contributed by atoms with Crippen molar-refractivity contribution in [1.82, 2.24) is 0 Å². The van der Waals surface area contributed by atoms with Crippen LogP contribution in [0.25, 0.3) is 0 Å². The third-order valence-corrected chi connectivity index (χ3v) is 4.73. The van der Waals surface area contributed by atoms with Crippen LogP contribution in [0.15, 0.2) is 46.9 Å². The molecule has 3 heteroatoms. The molecule has 2 aromatic carbocycles. The second kappa shape index (κ2) is 5.79. The maximum Gasteiger partial charge on any atom is 0.0408 e. The highest BCUT2D eigenvalue weighted by Crippen LogP contribution is 2.39. The Balaban J connectivity index is 1.61. The van der Waals surface area contributed by atoms with E-state index in [1.807, 2.05) is 12.1 Å². The third-order valence-electron chi connectivity index (χ3n) is 4.01. The monoisotopic (exact) mass is 349 g/mol. The zero-order chi connectivity index (χ0) is 14.1. The largest absolute Gasteiger partial charge is 0.382 e. The predicted molar refractivity (Wildman–Crippen MR) is 89.7 cm³/mol. The van der Waals surface area contributed by atoms with Gasteiger partial charge in [-0.3, -0.25) is 0 Å². The fourth-order valence-electron chi connectivity index (χ4n) is 2.78. The van der Waals surface area contributed by atoms with Gasteiger partial charge in [0, 0.05) is 21.2 Å². The van der Waals surface area contributed by atoms with Crippen LogP contribution in [0.4, 0.5) is 5.69 Å². The van der Waals surface area contributed by atoms with Gasteiger partial charge in [0.1, 0.15) is 0 Å². The van der Waals surface area contributed by atoms with Crippen LogP contribution in [-0.2, 0) is 0 Å². The standard InChI is InChI=1S/C17H17BrClN/c1-11-7-14(18)5-6-17(11)20-16-9-13(10-16)12-3-2-4-15(19)8-12/h2-8,13,16,20H,9-10H2,1H3. The number of rotatable bonds is 3. The van der Waals surface area contributed by atoms with E-state index in [0.717, 1.165) is 9.50 Å². The summed E-state index contributed by atoms with van der Waals surface area (Å²) in [4.78, 5) is 0. The fourth-order valence-corrected chi connectivity index (χ4v) is 3.45. The summed E-state index contributed by atoms with van der Waals surface area (Å²) in [5, 5.41) is 4.47. The first kappa shape index (κ1) is 14.0. The van der Waals surface area contributed by atoms with Crippen LogP contribution < -0.4 is 5.32 Å². The number of hydrogen-bond acceptors (Lipinski definition) is 1. The highest BCUT2D eigenvalue weighted by atomic mass is 79.9. The van der Waals surface area contributed by atoms with E-state index >= 15 is 0 Å². The molecule has 0 aliphatic heterocycles. The molecule has 1 saturated carbocycles. The molecule has 0 saturated heterocycles. The Hall–Kier alpha value is -0.990. The molecule has 0 bridgehead atoms. The molecule has 0 spiro atoms. The van der Waals surface area contributed by atoms with Gasteiger partial charge in [0.25, 0.3) is 0 Å². The van der Waals surface area contributed by atoms with Crippen LogP contribution in [-0.4, -0.2) is 6.04 Å². The fraction of sp³-hybridized carbons (Fsp3) is 0.294. The van der Waals surface area contributed by atoms with E-state index in [1.54, 1.807) is 0 Å². The van der Waals surface area contributed by atoms with Crippen molar-refractivity contribution in [3.63, 3.8) is 0 Å². The smallest absolute Gasteiger partial charge is 0.0408 e. The van der Waals surface area contributed by atoms with Gasteiger partial charge in [-0.1, -0.05) is 39.7 Å². The number of aryl methyl sites for hydroxylation is 1. The first-order chi connectivity index (χ1) is 9.61. The lowest BCUT2D eigenvalue weighted by atomic mass is 9.76. The summed E-state index contributed by atoms with van der Waals surface area (Å²) in [5.74, 6) is 0.641. The molecule has 0 radical (unpaired) electrons. The molecule has 0 atom stereocenters. The maximum absolute atomic E-state index is 6.05. The molecule has 3 rings (SSSR count). The Morgan fingerprint density at radius 1 is 1.15 bits per heavy atom. The van der Waals surface area contributed by atoms with E-state index < -0.39 is 0 Å². The van der Waals surface area contributed by atoms with Crippen LogP contribution in [0.5, 0.6) is 0 Å². The van der Waals surface area contributed by atoms with E-state index in [1.165, 1.54) is 29.7 Å². The Bertz CT molecular complexity index is 620. The zero-order valence-electron chi connectivity index (χ0n) is 11.4. The quantitative estimate of drug-likeness (QED) is 0.741. The molecule has 0 unspecified atom stereocenters. The van der Waals surface area contributed by atoms with Crippen molar-refractivity contribution in [2.75, 3.05) is 5.32 Å². The third kappa shape index (κ3) is 3.02. The second-order valence-corrected chi connectivity index (χ2v) is 6.88. The van der Waals surface area contributed by atoms with Gasteiger partial charge in [0.15, 0.2) is 0 Å². The number of anilines is 1. The molecule has 2 aromatic rings. The topological polar surface area (TPSA) is 12.0 Å². The molecule has 1 nitrogen and oxygen atoms in total. The molecule has 1 aliphatic rings. The number of hydrogen-bond donors (Lipinski definition) is 1. The van der Waals surface area contributed by atoms with Crippen LogP contribution in [0, 0.1) is 6.92 Å². The van der Waals surface area contributed by atoms with Gasteiger partial charge >= 0.3 is 0 Å². The zero-order valence-corrected chi connectivity index (χ0v) is 13.7. The molecular formula is C17H17BrClN. The summed E-state index contributed by atoms with van der Waals surface area (Å²) in [6, 6.07) is 15.2. The Morgan fingerprint density at radius 2 is 1.95 bits per heavy atom. The van der Waals surface area contributed by atoms with Gasteiger partial charge in [-0.05, 0) is 67.1 Å². The van der Waals surface area contributed by atoms with Gasteiger partial charge in [-0.15, -0.1) is 0 Å². The van der Waals surface area contributed by atoms with Crippen molar-refractivity contribution in [3.05, 3.63) is 63.1 Å². The number of nitrogens with one attached hydrogen (secondary N) is 1. The van der Waals surface area contributed by atoms with E-state index in [2.05, 4.69) is 58.5 Å². The van der Waals surface area contributed by atoms with Gasteiger partial charge in [-0.2, -0.15) is 0 Å². The molecule has 1 fully saturated rings. The minimum absolute atomic E-state index is 0.568. The molecule has 0 aromatic heterocycles. The van der Waals surface area contributed by atoms with E-state index in [0.29, 0.717) is 12.0 Å². The SMILES string of the molecule is Cc1cc(Br)ccc1NC1CC(c2cccc(Cl)c2)C1. The van der Waals surface area contributed by atoms with Crippen molar-refractivity contribution in [1.29, 1.82) is 0 Å². The van der Waals surface area contributed by atoms with Crippen LogP contribution in [0.3, 0.4) is 0 Å². The lowest BCUT2D eigenvalue weighted by molar-refractivity contribution is 0.374. The van der Waals surface area contributed by atoms with Crippen molar-refractivity contribution in [2.24, 2.45) is 0 Å². The van der Waals surface area contributed by atoms with Gasteiger partial charge < -0.3 is 5.32 Å². The summed E-state index contributed by atoms with van der Waals surface area (Å²) in [5.41, 5.74) is 3.89. The minimum atomic E-state index is 0.568. The molecule has 1 N–H and O–H groups in total. The summed E-state index contributed by atoms with van der Waals surface area (Å²) >= 11 is 9.55. The van der Waals surface area contributed by atoms with Gasteiger partial charge in [-0.25, -0.2) is 0 Å². The lowest BCUT2D eigenvalue weighted by Gasteiger charge is -2.37. The van der Waals surface area contributed by atoms with E-state index in [-0.39, 0.29) is 0 Å². The van der Waals surface area contributed by atoms with Crippen molar-refractivity contribution in [3.8, 4) is 0 Å². The molecular weight excluding hydrogens is 334 g/mol. The Kier molecular flexibility index (Phi) is 4.04. The van der Waals surface area contributed by atoms with Crippen molar-refractivity contribution in [2.45, 2.75) is 31.7 Å². The predicted octanol–water partition coefficient (Wildman–Crippen LogP) is 5.77. The normalized spacial score (nSPS) is 21.4. The van der Waals surface area contributed by atoms with Crippen LogP contribution in [0.2, 0.25) is 5.02 Å². The molecule has 104 valence electrons. The highest BCUT2D eigenvalue weighted by molar-refractivity contribution is 9.10. The maximum atomic E-state index is 6.05. The van der Waals surface area contributed by atoms with Gasteiger partial charge in [0.05, 0.1) is 0 Å². The molecule has 1 aliphatic carbocycles. The Morgan fingerprint density at radius 3 is 2.65 bits per heavy atom. The molecule has 20 heavy (non-hydrogen) atoms. The van der Waals surface area contributed by atoms with Crippen LogP contribution in [0.1, 0.15) is 29.9 Å². The van der Waals surface area contributed by atoms with Crippen LogP contribution >= 0.6 is 27.5 Å². The first-order valence-electron chi connectivity index (χ1n) is 6.90. The average molecular weight is 351 g/mol. The minimum Gasteiger partial charge on any atom is -0.382 e. The first-order valence-corrected chi connectivity index (χ1v) is 8.07. The second-order valence-electron chi connectivity index (χ2n) is 5.52. The van der Waals surface area contributed by atoms with E-state index in [9.17, 15) is 0 Å². The molecule has 0 amide bonds. The summed E-state index contributed by atoms with van der Waals surface area (Å²) in [6.07, 6.45) is 2.35. The summed E-state index contributed by atoms with van der Waals surface area (Å²) in [6.45, 7) is 2.14. The number of benzene rings is 2. The lowest BCUT2D eigenvalue weighted by Crippen LogP contribution is -2.34.